The number of aliphatic hydroxyl groups is 1. The van der Waals surface area contributed by atoms with Crippen molar-refractivity contribution in [3.05, 3.63) is 27.7 Å². The van der Waals surface area contributed by atoms with E-state index < -0.39 is 6.10 Å². The molecular formula is C11H15NOS. The maximum Gasteiger partial charge on any atom is 0.100 e. The van der Waals surface area contributed by atoms with Crippen LogP contribution in [0.2, 0.25) is 0 Å². The third-order valence-electron chi connectivity index (χ3n) is 2.57. The molecular weight excluding hydrogens is 194 g/mol. The van der Waals surface area contributed by atoms with Gasteiger partial charge in [-0.05, 0) is 26.2 Å². The topological polar surface area (TPSA) is 33.1 Å². The Kier molecular flexibility index (Phi) is 2.99. The normalized spacial score (nSPS) is 18.3. The lowest BCUT2D eigenvalue weighted by Crippen LogP contribution is -1.98. The first-order valence-electron chi connectivity index (χ1n) is 5.03. The third kappa shape index (κ3) is 2.22. The minimum Gasteiger partial charge on any atom is -0.386 e. The molecule has 0 bridgehead atoms. The van der Waals surface area contributed by atoms with Crippen LogP contribution in [0.1, 0.15) is 42.5 Å². The zero-order valence-electron chi connectivity index (χ0n) is 8.36. The van der Waals surface area contributed by atoms with Gasteiger partial charge in [-0.1, -0.05) is 11.6 Å². The van der Waals surface area contributed by atoms with E-state index >= 15 is 0 Å². The van der Waals surface area contributed by atoms with Crippen LogP contribution < -0.4 is 0 Å². The van der Waals surface area contributed by atoms with Crippen molar-refractivity contribution in [2.24, 2.45) is 0 Å². The predicted octanol–water partition coefficient (Wildman–Crippen LogP) is 2.99. The highest BCUT2D eigenvalue weighted by Gasteiger charge is 2.14. The highest BCUT2D eigenvalue weighted by molar-refractivity contribution is 7.09. The lowest BCUT2D eigenvalue weighted by Gasteiger charge is -2.07. The van der Waals surface area contributed by atoms with Crippen LogP contribution in [0.5, 0.6) is 0 Å². The second kappa shape index (κ2) is 4.24. The molecule has 1 aromatic heterocycles. The molecule has 2 nitrogen and oxygen atoms in total. The zero-order chi connectivity index (χ0) is 9.97. The number of aromatic nitrogens is 1. The molecule has 0 spiro atoms. The number of aryl methyl sites for hydroxylation is 1. The van der Waals surface area contributed by atoms with Crippen LogP contribution in [0.4, 0.5) is 0 Å². The summed E-state index contributed by atoms with van der Waals surface area (Å²) in [5, 5.41) is 12.9. The standard InChI is InChI=1S/C11H15NOS/c1-8-12-10(7-14-8)11(13)6-9-4-2-3-5-9/h4,7,11,13H,2-3,5-6H2,1H3. The largest absolute Gasteiger partial charge is 0.386 e. The molecule has 14 heavy (non-hydrogen) atoms. The molecule has 76 valence electrons. The van der Waals surface area contributed by atoms with E-state index in [0.29, 0.717) is 0 Å². The van der Waals surface area contributed by atoms with Crippen LogP contribution in [-0.2, 0) is 0 Å². The van der Waals surface area contributed by atoms with Gasteiger partial charge in [0.05, 0.1) is 10.7 Å². The molecule has 1 aliphatic carbocycles. The van der Waals surface area contributed by atoms with Crippen molar-refractivity contribution in [1.29, 1.82) is 0 Å². The van der Waals surface area contributed by atoms with Crippen molar-refractivity contribution in [1.82, 2.24) is 4.98 Å². The second-order valence-electron chi connectivity index (χ2n) is 3.77. The molecule has 0 amide bonds. The first-order chi connectivity index (χ1) is 6.75. The van der Waals surface area contributed by atoms with Crippen molar-refractivity contribution in [2.75, 3.05) is 0 Å². The lowest BCUT2D eigenvalue weighted by molar-refractivity contribution is 0.173. The fraction of sp³-hybridized carbons (Fsp3) is 0.545. The number of aliphatic hydroxyl groups excluding tert-OH is 1. The summed E-state index contributed by atoms with van der Waals surface area (Å²) in [7, 11) is 0. The average Bonchev–Trinajstić information content (AvgIpc) is 2.75. The summed E-state index contributed by atoms with van der Waals surface area (Å²) < 4.78 is 0. The maximum absolute atomic E-state index is 9.90. The molecule has 2 rings (SSSR count). The van der Waals surface area contributed by atoms with E-state index in [2.05, 4.69) is 11.1 Å². The fourth-order valence-electron chi connectivity index (χ4n) is 1.81. The molecule has 0 saturated carbocycles. The smallest absolute Gasteiger partial charge is 0.100 e. The SMILES string of the molecule is Cc1nc(C(O)CC2=CCCC2)cs1. The summed E-state index contributed by atoms with van der Waals surface area (Å²) >= 11 is 1.60. The Morgan fingerprint density at radius 1 is 1.64 bits per heavy atom. The number of rotatable bonds is 3. The first kappa shape index (κ1) is 9.87. The van der Waals surface area contributed by atoms with Crippen molar-refractivity contribution < 1.29 is 5.11 Å². The number of hydrogen-bond donors (Lipinski definition) is 1. The molecule has 0 saturated heterocycles. The molecule has 3 heteroatoms. The Hall–Kier alpha value is -0.670. The zero-order valence-corrected chi connectivity index (χ0v) is 9.18. The van der Waals surface area contributed by atoms with Gasteiger partial charge in [0.1, 0.15) is 6.10 Å². The summed E-state index contributed by atoms with van der Waals surface area (Å²) in [6.07, 6.45) is 6.20. The molecule has 0 radical (unpaired) electrons. The summed E-state index contributed by atoms with van der Waals surface area (Å²) in [5.74, 6) is 0. The Labute approximate surface area is 88.3 Å². The van der Waals surface area contributed by atoms with Crippen molar-refractivity contribution in [3.8, 4) is 0 Å². The van der Waals surface area contributed by atoms with Crippen molar-refractivity contribution in [3.63, 3.8) is 0 Å². The molecule has 1 aliphatic rings. The number of hydrogen-bond acceptors (Lipinski definition) is 3. The quantitative estimate of drug-likeness (QED) is 0.776. The Bertz CT molecular complexity index is 343. The Balaban J connectivity index is 1.98. The van der Waals surface area contributed by atoms with E-state index in [1.165, 1.54) is 18.4 Å². The van der Waals surface area contributed by atoms with E-state index in [0.717, 1.165) is 23.5 Å². The molecule has 1 unspecified atom stereocenters. The van der Waals surface area contributed by atoms with Gasteiger partial charge in [0.25, 0.3) is 0 Å². The molecule has 1 atom stereocenters. The van der Waals surface area contributed by atoms with Gasteiger partial charge in [0, 0.05) is 11.8 Å². The second-order valence-corrected chi connectivity index (χ2v) is 4.83. The van der Waals surface area contributed by atoms with E-state index in [-0.39, 0.29) is 0 Å². The lowest BCUT2D eigenvalue weighted by atomic mass is 10.1. The van der Waals surface area contributed by atoms with Gasteiger partial charge in [-0.3, -0.25) is 0 Å². The molecule has 0 aromatic carbocycles. The van der Waals surface area contributed by atoms with Crippen LogP contribution in [0.15, 0.2) is 17.0 Å². The molecule has 1 N–H and O–H groups in total. The third-order valence-corrected chi connectivity index (χ3v) is 3.36. The van der Waals surface area contributed by atoms with Crippen LogP contribution >= 0.6 is 11.3 Å². The van der Waals surface area contributed by atoms with Gasteiger partial charge in [-0.15, -0.1) is 11.3 Å². The summed E-state index contributed by atoms with van der Waals surface area (Å²) in [5.41, 5.74) is 2.23. The number of thiazole rings is 1. The van der Waals surface area contributed by atoms with Crippen molar-refractivity contribution in [2.45, 2.75) is 38.7 Å². The minimum absolute atomic E-state index is 0.399. The van der Waals surface area contributed by atoms with Gasteiger partial charge >= 0.3 is 0 Å². The average molecular weight is 209 g/mol. The summed E-state index contributed by atoms with van der Waals surface area (Å²) in [6.45, 7) is 1.97. The summed E-state index contributed by atoms with van der Waals surface area (Å²) in [6, 6.07) is 0. The van der Waals surface area contributed by atoms with Gasteiger partial charge < -0.3 is 5.11 Å². The highest BCUT2D eigenvalue weighted by Crippen LogP contribution is 2.28. The van der Waals surface area contributed by atoms with Crippen LogP contribution in [0.25, 0.3) is 0 Å². The Morgan fingerprint density at radius 2 is 2.50 bits per heavy atom. The monoisotopic (exact) mass is 209 g/mol. The van der Waals surface area contributed by atoms with E-state index in [4.69, 9.17) is 0 Å². The van der Waals surface area contributed by atoms with Crippen molar-refractivity contribution >= 4 is 11.3 Å². The number of allylic oxidation sites excluding steroid dienone is 1. The number of nitrogens with zero attached hydrogens (tertiary/aromatic N) is 1. The molecule has 1 heterocycles. The van der Waals surface area contributed by atoms with E-state index in [1.54, 1.807) is 11.3 Å². The molecule has 0 aliphatic heterocycles. The maximum atomic E-state index is 9.90. The van der Waals surface area contributed by atoms with E-state index in [1.807, 2.05) is 12.3 Å². The first-order valence-corrected chi connectivity index (χ1v) is 5.91. The van der Waals surface area contributed by atoms with Gasteiger partial charge in [0.2, 0.25) is 0 Å². The van der Waals surface area contributed by atoms with Gasteiger partial charge in [-0.25, -0.2) is 4.98 Å². The Morgan fingerprint density at radius 3 is 3.07 bits per heavy atom. The van der Waals surface area contributed by atoms with Crippen LogP contribution in [0.3, 0.4) is 0 Å². The van der Waals surface area contributed by atoms with E-state index in [9.17, 15) is 5.11 Å². The summed E-state index contributed by atoms with van der Waals surface area (Å²) in [4.78, 5) is 4.29. The van der Waals surface area contributed by atoms with Crippen LogP contribution in [0, 0.1) is 6.92 Å². The predicted molar refractivity (Wildman–Crippen MR) is 58.4 cm³/mol. The van der Waals surface area contributed by atoms with Gasteiger partial charge in [0.15, 0.2) is 0 Å². The minimum atomic E-state index is -0.399. The molecule has 1 aromatic rings. The van der Waals surface area contributed by atoms with Crippen LogP contribution in [-0.4, -0.2) is 10.1 Å². The molecule has 0 fully saturated rings. The highest BCUT2D eigenvalue weighted by atomic mass is 32.1. The van der Waals surface area contributed by atoms with Gasteiger partial charge in [-0.2, -0.15) is 0 Å². The fourth-order valence-corrected chi connectivity index (χ4v) is 2.47.